The summed E-state index contributed by atoms with van der Waals surface area (Å²) >= 11 is 0. The van der Waals surface area contributed by atoms with E-state index in [0.29, 0.717) is 12.4 Å². The molecule has 1 atom stereocenters. The Morgan fingerprint density at radius 2 is 1.65 bits per heavy atom. The van der Waals surface area contributed by atoms with Gasteiger partial charge < -0.3 is 14.2 Å². The molecule has 0 spiro atoms. The number of rotatable bonds is 6. The third-order valence-corrected chi connectivity index (χ3v) is 3.40. The molecule has 1 N–H and O–H groups in total. The SMILES string of the molecule is COC(=O)NC(=O)[C@@H](C)OC(=O)c1ccc(OCc2ccccc2)cc1. The monoisotopic (exact) mass is 357 g/mol. The van der Waals surface area contributed by atoms with Crippen molar-refractivity contribution in [1.82, 2.24) is 5.32 Å². The molecule has 2 aromatic carbocycles. The first-order valence-corrected chi connectivity index (χ1v) is 7.86. The quantitative estimate of drug-likeness (QED) is 0.800. The van der Waals surface area contributed by atoms with Crippen LogP contribution in [-0.4, -0.2) is 31.2 Å². The van der Waals surface area contributed by atoms with Gasteiger partial charge in [-0.3, -0.25) is 10.1 Å². The molecular weight excluding hydrogens is 338 g/mol. The lowest BCUT2D eigenvalue weighted by molar-refractivity contribution is -0.128. The molecule has 0 fully saturated rings. The number of benzene rings is 2. The van der Waals surface area contributed by atoms with Crippen molar-refractivity contribution in [2.45, 2.75) is 19.6 Å². The minimum Gasteiger partial charge on any atom is -0.489 e. The van der Waals surface area contributed by atoms with Gasteiger partial charge in [0.2, 0.25) is 0 Å². The molecule has 136 valence electrons. The molecule has 0 saturated heterocycles. The number of hydrogen-bond donors (Lipinski definition) is 1. The smallest absolute Gasteiger partial charge is 0.413 e. The average Bonchev–Trinajstić information content (AvgIpc) is 2.67. The maximum Gasteiger partial charge on any atom is 0.413 e. The van der Waals surface area contributed by atoms with Crippen molar-refractivity contribution in [3.8, 4) is 5.75 Å². The maximum absolute atomic E-state index is 12.0. The lowest BCUT2D eigenvalue weighted by Gasteiger charge is -2.12. The van der Waals surface area contributed by atoms with E-state index in [0.717, 1.165) is 12.7 Å². The average molecular weight is 357 g/mol. The van der Waals surface area contributed by atoms with Crippen molar-refractivity contribution in [3.63, 3.8) is 0 Å². The number of alkyl carbamates (subject to hydrolysis) is 1. The first-order chi connectivity index (χ1) is 12.5. The van der Waals surface area contributed by atoms with E-state index in [9.17, 15) is 14.4 Å². The Kier molecular flexibility index (Phi) is 6.73. The molecule has 0 unspecified atom stereocenters. The van der Waals surface area contributed by atoms with Crippen molar-refractivity contribution in [2.75, 3.05) is 7.11 Å². The van der Waals surface area contributed by atoms with E-state index >= 15 is 0 Å². The lowest BCUT2D eigenvalue weighted by atomic mass is 10.2. The van der Waals surface area contributed by atoms with Crippen molar-refractivity contribution in [2.24, 2.45) is 0 Å². The Balaban J connectivity index is 1.87. The van der Waals surface area contributed by atoms with Crippen LogP contribution in [0.5, 0.6) is 5.75 Å². The topological polar surface area (TPSA) is 90.9 Å². The van der Waals surface area contributed by atoms with Crippen LogP contribution in [0.25, 0.3) is 0 Å². The van der Waals surface area contributed by atoms with E-state index in [2.05, 4.69) is 4.74 Å². The summed E-state index contributed by atoms with van der Waals surface area (Å²) in [4.78, 5) is 34.7. The van der Waals surface area contributed by atoms with Gasteiger partial charge in [-0.05, 0) is 36.8 Å². The highest BCUT2D eigenvalue weighted by molar-refractivity contribution is 5.97. The van der Waals surface area contributed by atoms with Crippen LogP contribution in [0.2, 0.25) is 0 Å². The first kappa shape index (κ1) is 19.0. The highest BCUT2D eigenvalue weighted by Crippen LogP contribution is 2.15. The Morgan fingerprint density at radius 3 is 2.27 bits per heavy atom. The summed E-state index contributed by atoms with van der Waals surface area (Å²) in [5.41, 5.74) is 1.29. The number of carbonyl (C=O) groups excluding carboxylic acids is 3. The summed E-state index contributed by atoms with van der Waals surface area (Å²) in [5.74, 6) is -0.859. The van der Waals surface area contributed by atoms with E-state index < -0.39 is 24.1 Å². The molecular formula is C19H19NO6. The number of amides is 2. The molecule has 0 aliphatic rings. The number of hydrogen-bond acceptors (Lipinski definition) is 6. The second-order valence-electron chi connectivity index (χ2n) is 5.33. The standard InChI is InChI=1S/C19H19NO6/c1-13(17(21)20-19(23)24-2)26-18(22)15-8-10-16(11-9-15)25-12-14-6-4-3-5-7-14/h3-11,13H,12H2,1-2H3,(H,20,21,23)/t13-/m1/s1. The maximum atomic E-state index is 12.0. The van der Waals surface area contributed by atoms with Gasteiger partial charge in [0.05, 0.1) is 12.7 Å². The van der Waals surface area contributed by atoms with Crippen LogP contribution in [0.15, 0.2) is 54.6 Å². The Hall–Kier alpha value is -3.35. The third kappa shape index (κ3) is 5.62. The predicted octanol–water partition coefficient (Wildman–Crippen LogP) is 2.69. The summed E-state index contributed by atoms with van der Waals surface area (Å²) in [6, 6.07) is 16.0. The highest BCUT2D eigenvalue weighted by atomic mass is 16.6. The molecule has 0 bridgehead atoms. The minimum atomic E-state index is -1.14. The number of methoxy groups -OCH3 is 1. The number of nitrogens with one attached hydrogen (secondary N) is 1. The fourth-order valence-electron chi connectivity index (χ4n) is 1.96. The normalized spacial score (nSPS) is 11.2. The molecule has 2 aromatic rings. The zero-order valence-corrected chi connectivity index (χ0v) is 14.4. The van der Waals surface area contributed by atoms with Crippen molar-refractivity contribution < 1.29 is 28.6 Å². The van der Waals surface area contributed by atoms with E-state index in [1.807, 2.05) is 35.6 Å². The first-order valence-electron chi connectivity index (χ1n) is 7.86. The number of imide groups is 1. The van der Waals surface area contributed by atoms with Gasteiger partial charge in [-0.15, -0.1) is 0 Å². The number of carbonyl (C=O) groups is 3. The molecule has 2 amide bonds. The van der Waals surface area contributed by atoms with Crippen molar-refractivity contribution in [1.29, 1.82) is 0 Å². The van der Waals surface area contributed by atoms with Gasteiger partial charge in [0.1, 0.15) is 12.4 Å². The molecule has 0 aliphatic carbocycles. The third-order valence-electron chi connectivity index (χ3n) is 3.40. The Bertz CT molecular complexity index is 757. The molecule has 7 heteroatoms. The van der Waals surface area contributed by atoms with Crippen LogP contribution < -0.4 is 10.1 Å². The van der Waals surface area contributed by atoms with E-state index in [1.54, 1.807) is 12.1 Å². The molecule has 26 heavy (non-hydrogen) atoms. The summed E-state index contributed by atoms with van der Waals surface area (Å²) < 4.78 is 15.0. The zero-order valence-electron chi connectivity index (χ0n) is 14.4. The number of ether oxygens (including phenoxy) is 3. The van der Waals surface area contributed by atoms with Crippen LogP contribution >= 0.6 is 0 Å². The van der Waals surface area contributed by atoms with E-state index in [-0.39, 0.29) is 5.56 Å². The second kappa shape index (κ2) is 9.22. The van der Waals surface area contributed by atoms with Gasteiger partial charge in [-0.25, -0.2) is 9.59 Å². The molecule has 0 heterocycles. The largest absolute Gasteiger partial charge is 0.489 e. The highest BCUT2D eigenvalue weighted by Gasteiger charge is 2.21. The van der Waals surface area contributed by atoms with E-state index in [1.165, 1.54) is 19.1 Å². The van der Waals surface area contributed by atoms with Gasteiger partial charge in [-0.2, -0.15) is 0 Å². The Morgan fingerprint density at radius 1 is 1.00 bits per heavy atom. The molecule has 0 saturated carbocycles. The molecule has 0 aliphatic heterocycles. The van der Waals surface area contributed by atoms with Crippen LogP contribution in [-0.2, 0) is 20.9 Å². The van der Waals surface area contributed by atoms with Gasteiger partial charge in [0, 0.05) is 0 Å². The fraction of sp³-hybridized carbons (Fsp3) is 0.211. The zero-order chi connectivity index (χ0) is 18.9. The summed E-state index contributed by atoms with van der Waals surface area (Å²) in [6.45, 7) is 1.77. The summed E-state index contributed by atoms with van der Waals surface area (Å²) in [6.07, 6.45) is -2.06. The predicted molar refractivity (Wildman–Crippen MR) is 92.6 cm³/mol. The molecule has 2 rings (SSSR count). The van der Waals surface area contributed by atoms with E-state index in [4.69, 9.17) is 9.47 Å². The van der Waals surface area contributed by atoms with Crippen LogP contribution in [0.3, 0.4) is 0 Å². The summed E-state index contributed by atoms with van der Waals surface area (Å²) in [5, 5.41) is 1.93. The molecule has 0 radical (unpaired) electrons. The fourth-order valence-corrected chi connectivity index (χ4v) is 1.96. The van der Waals surface area contributed by atoms with Gasteiger partial charge in [-0.1, -0.05) is 30.3 Å². The van der Waals surface area contributed by atoms with Gasteiger partial charge >= 0.3 is 12.1 Å². The number of esters is 1. The second-order valence-corrected chi connectivity index (χ2v) is 5.33. The molecule has 7 nitrogen and oxygen atoms in total. The minimum absolute atomic E-state index is 0.259. The Labute approximate surface area is 150 Å². The molecule has 0 aromatic heterocycles. The van der Waals surface area contributed by atoms with Crippen molar-refractivity contribution >= 4 is 18.0 Å². The van der Waals surface area contributed by atoms with Crippen LogP contribution in [0.1, 0.15) is 22.8 Å². The van der Waals surface area contributed by atoms with Crippen molar-refractivity contribution in [3.05, 3.63) is 65.7 Å². The summed E-state index contributed by atoms with van der Waals surface area (Å²) in [7, 11) is 1.13. The lowest BCUT2D eigenvalue weighted by Crippen LogP contribution is -2.39. The van der Waals surface area contributed by atoms with Crippen LogP contribution in [0, 0.1) is 0 Å². The van der Waals surface area contributed by atoms with Gasteiger partial charge in [0.15, 0.2) is 6.10 Å². The van der Waals surface area contributed by atoms with Crippen LogP contribution in [0.4, 0.5) is 4.79 Å². The van der Waals surface area contributed by atoms with Gasteiger partial charge in [0.25, 0.3) is 5.91 Å².